The van der Waals surface area contributed by atoms with E-state index in [4.69, 9.17) is 9.31 Å². The Morgan fingerprint density at radius 2 is 1.26 bits per heavy atom. The van der Waals surface area contributed by atoms with Crippen molar-refractivity contribution < 1.29 is 9.31 Å². The summed E-state index contributed by atoms with van der Waals surface area (Å²) in [6, 6.07) is 20.5. The topological polar surface area (TPSA) is 30.5 Å². The average molecular weight is 309 g/mol. The number of anilines is 1. The molecule has 0 radical (unpaired) electrons. The second kappa shape index (κ2) is 6.02. The highest BCUT2D eigenvalue weighted by Gasteiger charge is 2.54. The van der Waals surface area contributed by atoms with Crippen LogP contribution in [0.1, 0.15) is 39.2 Å². The van der Waals surface area contributed by atoms with Crippen molar-refractivity contribution in [3.8, 4) is 0 Å². The first-order valence-corrected chi connectivity index (χ1v) is 8.11. The minimum Gasteiger partial charge on any atom is -0.402 e. The summed E-state index contributed by atoms with van der Waals surface area (Å²) in [5, 5.41) is 3.56. The molecule has 0 aliphatic carbocycles. The molecule has 0 unspecified atom stereocenters. The predicted molar refractivity (Wildman–Crippen MR) is 95.3 cm³/mol. The van der Waals surface area contributed by atoms with Gasteiger partial charge in [-0.15, -0.1) is 0 Å². The molecule has 1 fully saturated rings. The molecule has 120 valence electrons. The molecule has 1 atom stereocenters. The molecule has 4 heteroatoms. The summed E-state index contributed by atoms with van der Waals surface area (Å²) in [4.78, 5) is 0. The normalized spacial score (nSPS) is 20.3. The van der Waals surface area contributed by atoms with E-state index in [1.54, 1.807) is 0 Å². The van der Waals surface area contributed by atoms with Crippen molar-refractivity contribution in [1.29, 1.82) is 0 Å². The molecule has 1 saturated heterocycles. The van der Waals surface area contributed by atoms with Crippen LogP contribution >= 0.6 is 0 Å². The van der Waals surface area contributed by atoms with Crippen LogP contribution < -0.4 is 5.32 Å². The van der Waals surface area contributed by atoms with E-state index in [9.17, 15) is 0 Å². The lowest BCUT2D eigenvalue weighted by atomic mass is 9.74. The maximum Gasteiger partial charge on any atom is 0.486 e. The first-order chi connectivity index (χ1) is 10.9. The van der Waals surface area contributed by atoms with Gasteiger partial charge < -0.3 is 14.6 Å². The molecule has 3 nitrogen and oxygen atoms in total. The van der Waals surface area contributed by atoms with Crippen molar-refractivity contribution in [3.63, 3.8) is 0 Å². The van der Waals surface area contributed by atoms with E-state index in [1.807, 2.05) is 36.4 Å². The van der Waals surface area contributed by atoms with Gasteiger partial charge in [-0.1, -0.05) is 48.5 Å². The minimum absolute atomic E-state index is 0.0698. The van der Waals surface area contributed by atoms with Gasteiger partial charge in [0, 0.05) is 5.69 Å². The zero-order valence-corrected chi connectivity index (χ0v) is 14.2. The van der Waals surface area contributed by atoms with Gasteiger partial charge in [-0.3, -0.25) is 0 Å². The maximum absolute atomic E-state index is 6.27. The molecule has 1 N–H and O–H groups in total. The third-order valence-corrected chi connectivity index (χ3v) is 4.80. The fourth-order valence-corrected chi connectivity index (χ4v) is 2.71. The maximum atomic E-state index is 6.27. The van der Waals surface area contributed by atoms with E-state index in [0.29, 0.717) is 0 Å². The summed E-state index contributed by atoms with van der Waals surface area (Å²) >= 11 is 0. The van der Waals surface area contributed by atoms with Gasteiger partial charge in [0.15, 0.2) is 0 Å². The van der Waals surface area contributed by atoms with Crippen LogP contribution in [0.5, 0.6) is 0 Å². The number of hydrogen-bond donors (Lipinski definition) is 1. The van der Waals surface area contributed by atoms with Crippen molar-refractivity contribution in [1.82, 2.24) is 0 Å². The molecule has 0 aromatic heterocycles. The fraction of sp³-hybridized carbons (Fsp3) is 0.368. The first-order valence-electron chi connectivity index (χ1n) is 8.11. The Hall–Kier alpha value is -1.78. The van der Waals surface area contributed by atoms with Gasteiger partial charge in [-0.25, -0.2) is 0 Å². The zero-order chi connectivity index (χ0) is 16.5. The second-order valence-corrected chi connectivity index (χ2v) is 7.02. The first kappa shape index (κ1) is 16.1. The van der Waals surface area contributed by atoms with Gasteiger partial charge in [-0.05, 0) is 45.4 Å². The van der Waals surface area contributed by atoms with Crippen molar-refractivity contribution in [2.24, 2.45) is 0 Å². The highest BCUT2D eigenvalue weighted by atomic mass is 16.7. The Bertz CT molecular complexity index is 627. The highest BCUT2D eigenvalue weighted by molar-refractivity contribution is 6.48. The lowest BCUT2D eigenvalue weighted by molar-refractivity contribution is 0.00578. The molecule has 0 amide bonds. The summed E-state index contributed by atoms with van der Waals surface area (Å²) in [6.07, 6.45) is 0. The summed E-state index contributed by atoms with van der Waals surface area (Å²) < 4.78 is 12.5. The van der Waals surface area contributed by atoms with Crippen LogP contribution in [-0.2, 0) is 9.31 Å². The quantitative estimate of drug-likeness (QED) is 0.845. The summed E-state index contributed by atoms with van der Waals surface area (Å²) in [5.74, 6) is -0.0698. The van der Waals surface area contributed by atoms with E-state index in [0.717, 1.165) is 11.3 Å². The number of para-hydroxylation sites is 1. The predicted octanol–water partition coefficient (Wildman–Crippen LogP) is 4.47. The molecule has 1 aliphatic rings. The van der Waals surface area contributed by atoms with Crippen LogP contribution in [0.4, 0.5) is 5.69 Å². The summed E-state index contributed by atoms with van der Waals surface area (Å²) in [7, 11) is -0.345. The van der Waals surface area contributed by atoms with E-state index in [1.165, 1.54) is 0 Å². The van der Waals surface area contributed by atoms with Gasteiger partial charge in [0.1, 0.15) is 0 Å². The molecule has 2 aromatic carbocycles. The average Bonchev–Trinajstić information content (AvgIpc) is 2.75. The Balaban J connectivity index is 1.91. The van der Waals surface area contributed by atoms with Gasteiger partial charge in [0.2, 0.25) is 0 Å². The Kier molecular flexibility index (Phi) is 4.22. The third-order valence-electron chi connectivity index (χ3n) is 4.80. The van der Waals surface area contributed by atoms with Crippen LogP contribution in [0.3, 0.4) is 0 Å². The van der Waals surface area contributed by atoms with Crippen molar-refractivity contribution in [2.45, 2.75) is 44.8 Å². The number of benzene rings is 2. The molecule has 23 heavy (non-hydrogen) atoms. The number of nitrogens with one attached hydrogen (secondary N) is 1. The molecule has 3 rings (SSSR count). The second-order valence-electron chi connectivity index (χ2n) is 7.02. The van der Waals surface area contributed by atoms with Crippen molar-refractivity contribution >= 4 is 12.8 Å². The van der Waals surface area contributed by atoms with Crippen molar-refractivity contribution in [2.75, 3.05) is 5.32 Å². The molecular formula is C19H24BNO2. The smallest absolute Gasteiger partial charge is 0.402 e. The van der Waals surface area contributed by atoms with Gasteiger partial charge in [0.25, 0.3) is 0 Å². The van der Waals surface area contributed by atoms with Crippen molar-refractivity contribution in [3.05, 3.63) is 66.2 Å². The van der Waals surface area contributed by atoms with E-state index in [-0.39, 0.29) is 24.3 Å². The molecule has 1 heterocycles. The van der Waals surface area contributed by atoms with E-state index in [2.05, 4.69) is 57.3 Å². The highest BCUT2D eigenvalue weighted by Crippen LogP contribution is 2.40. The van der Waals surface area contributed by atoms with E-state index >= 15 is 0 Å². The molecule has 2 aromatic rings. The van der Waals surface area contributed by atoms with Gasteiger partial charge in [0.05, 0.1) is 17.1 Å². The lowest BCUT2D eigenvalue weighted by Gasteiger charge is -2.32. The monoisotopic (exact) mass is 309 g/mol. The summed E-state index contributed by atoms with van der Waals surface area (Å²) in [5.41, 5.74) is 1.51. The summed E-state index contributed by atoms with van der Waals surface area (Å²) in [6.45, 7) is 8.32. The van der Waals surface area contributed by atoms with Crippen LogP contribution in [0, 0.1) is 0 Å². The number of rotatable bonds is 4. The van der Waals surface area contributed by atoms with Crippen LogP contribution in [-0.4, -0.2) is 18.3 Å². The molecule has 1 aliphatic heterocycles. The molecule has 0 bridgehead atoms. The minimum atomic E-state index is -0.345. The molecule has 0 spiro atoms. The van der Waals surface area contributed by atoms with Crippen LogP contribution in [0.15, 0.2) is 60.7 Å². The van der Waals surface area contributed by atoms with Crippen LogP contribution in [0.2, 0.25) is 0 Å². The molecular weight excluding hydrogens is 285 g/mol. The Morgan fingerprint density at radius 1 is 0.783 bits per heavy atom. The Labute approximate surface area is 139 Å². The van der Waals surface area contributed by atoms with Gasteiger partial charge in [-0.2, -0.15) is 0 Å². The third kappa shape index (κ3) is 3.28. The van der Waals surface area contributed by atoms with Crippen LogP contribution in [0.25, 0.3) is 0 Å². The Morgan fingerprint density at radius 3 is 1.78 bits per heavy atom. The van der Waals surface area contributed by atoms with Gasteiger partial charge >= 0.3 is 7.12 Å². The standard InChI is InChI=1S/C19H24BNO2/c1-18(2)19(3,4)23-20(22-18)17(15-11-7-5-8-12-15)21-16-13-9-6-10-14-16/h5-14,17,21H,1-4H3/t17-/m0/s1. The molecule has 0 saturated carbocycles. The zero-order valence-electron chi connectivity index (χ0n) is 14.2. The largest absolute Gasteiger partial charge is 0.486 e. The van der Waals surface area contributed by atoms with E-state index < -0.39 is 0 Å². The number of hydrogen-bond acceptors (Lipinski definition) is 3. The lowest BCUT2D eigenvalue weighted by Crippen LogP contribution is -2.41. The SMILES string of the molecule is CC1(C)OB([C@@H](Nc2ccccc2)c2ccccc2)OC1(C)C. The fourth-order valence-electron chi connectivity index (χ4n) is 2.71.